The number of amides is 1. The highest BCUT2D eigenvalue weighted by atomic mass is 16.5. The molecule has 0 fully saturated rings. The fourth-order valence-electron chi connectivity index (χ4n) is 1.78. The molecule has 0 saturated heterocycles. The fraction of sp³-hybridized carbons (Fsp3) is 0.333. The maximum Gasteiger partial charge on any atom is 0.399 e. The summed E-state index contributed by atoms with van der Waals surface area (Å²) in [5.41, 5.74) is 0. The average molecular weight is 287 g/mol. The van der Waals surface area contributed by atoms with Gasteiger partial charge in [-0.3, -0.25) is 9.48 Å². The van der Waals surface area contributed by atoms with Crippen molar-refractivity contribution in [1.29, 1.82) is 0 Å². The highest BCUT2D eigenvalue weighted by Crippen LogP contribution is 2.12. The average Bonchev–Trinajstić information content (AvgIpc) is 2.54. The van der Waals surface area contributed by atoms with Crippen molar-refractivity contribution in [3.05, 3.63) is 48.1 Å². The van der Waals surface area contributed by atoms with E-state index in [2.05, 4.69) is 22.2 Å². The number of rotatable bonds is 3. The van der Waals surface area contributed by atoms with E-state index in [1.807, 2.05) is 19.1 Å². The molecule has 1 aromatic heterocycles. The van der Waals surface area contributed by atoms with Gasteiger partial charge in [0.05, 0.1) is 24.2 Å². The molecule has 1 aromatic rings. The number of hydrogen-bond donors (Lipinski definition) is 0. The molecule has 0 aromatic carbocycles. The van der Waals surface area contributed by atoms with Gasteiger partial charge in [-0.1, -0.05) is 31.2 Å². The van der Waals surface area contributed by atoms with E-state index < -0.39 is 11.9 Å². The summed E-state index contributed by atoms with van der Waals surface area (Å²) in [6.45, 7) is 2.07. The Balaban J connectivity index is 2.07. The van der Waals surface area contributed by atoms with Gasteiger partial charge in [0.15, 0.2) is 0 Å². The van der Waals surface area contributed by atoms with Crippen molar-refractivity contribution in [2.45, 2.75) is 25.8 Å². The van der Waals surface area contributed by atoms with Gasteiger partial charge in [-0.15, -0.1) is 0 Å². The molecule has 0 spiro atoms. The Bertz CT molecular complexity index is 611. The van der Waals surface area contributed by atoms with Crippen LogP contribution in [0, 0.1) is 0 Å². The standard InChI is InChI=1S/C15H17N3O3/c1-2-10-21-15(20)14(19)17-12-8-9-18(16-11-12)13-6-4-3-5-7-13/h4-9,11,13H,2-3,10H2,1H3. The van der Waals surface area contributed by atoms with Crippen molar-refractivity contribution in [3.63, 3.8) is 0 Å². The maximum atomic E-state index is 11.5. The molecule has 1 aliphatic rings. The molecule has 0 unspecified atom stereocenters. The molecule has 0 N–H and O–H groups in total. The third kappa shape index (κ3) is 4.24. The van der Waals surface area contributed by atoms with Gasteiger partial charge in [-0.05, 0) is 18.9 Å². The zero-order valence-electron chi connectivity index (χ0n) is 11.8. The molecule has 6 nitrogen and oxygen atoms in total. The molecule has 0 aliphatic heterocycles. The largest absolute Gasteiger partial charge is 0.459 e. The molecule has 0 radical (unpaired) electrons. The molecular formula is C15H17N3O3. The Morgan fingerprint density at radius 1 is 1.43 bits per heavy atom. The van der Waals surface area contributed by atoms with Crippen molar-refractivity contribution in [3.8, 4) is 0 Å². The van der Waals surface area contributed by atoms with Crippen molar-refractivity contribution < 1.29 is 14.3 Å². The zero-order valence-corrected chi connectivity index (χ0v) is 11.8. The number of aromatic nitrogens is 2. The second-order valence-electron chi connectivity index (χ2n) is 4.50. The lowest BCUT2D eigenvalue weighted by Crippen LogP contribution is -2.20. The van der Waals surface area contributed by atoms with Crippen LogP contribution in [0.25, 0.3) is 0 Å². The van der Waals surface area contributed by atoms with Crippen LogP contribution in [0.4, 0.5) is 0 Å². The Kier molecular flexibility index (Phi) is 5.20. The molecule has 1 amide bonds. The van der Waals surface area contributed by atoms with Crippen LogP contribution in [-0.4, -0.2) is 28.3 Å². The van der Waals surface area contributed by atoms with Crippen LogP contribution in [0.3, 0.4) is 0 Å². The van der Waals surface area contributed by atoms with Crippen LogP contribution >= 0.6 is 0 Å². The van der Waals surface area contributed by atoms with E-state index >= 15 is 0 Å². The highest BCUT2D eigenvalue weighted by Gasteiger charge is 2.13. The molecule has 2 rings (SSSR count). The van der Waals surface area contributed by atoms with E-state index in [0.717, 1.165) is 6.42 Å². The third-order valence-electron chi connectivity index (χ3n) is 2.81. The summed E-state index contributed by atoms with van der Waals surface area (Å²) in [7, 11) is 0. The lowest BCUT2D eigenvalue weighted by Gasteiger charge is -2.13. The highest BCUT2D eigenvalue weighted by molar-refractivity contribution is 6.32. The molecule has 1 heterocycles. The van der Waals surface area contributed by atoms with Gasteiger partial charge >= 0.3 is 11.9 Å². The van der Waals surface area contributed by atoms with E-state index in [4.69, 9.17) is 4.74 Å². The number of carbonyl (C=O) groups excluding carboxylic acids is 2. The number of carbonyl (C=O) groups is 2. The predicted octanol–water partition coefficient (Wildman–Crippen LogP) is 1.32. The zero-order chi connectivity index (χ0) is 15.1. The summed E-state index contributed by atoms with van der Waals surface area (Å²) in [5, 5.41) is 4.52. The number of ether oxygens (including phenoxy) is 1. The number of allylic oxidation sites excluding steroid dienone is 4. The number of hydrogen-bond acceptors (Lipinski definition) is 4. The lowest BCUT2D eigenvalue weighted by atomic mass is 10.1. The minimum Gasteiger partial charge on any atom is -0.459 e. The first-order valence-electron chi connectivity index (χ1n) is 6.84. The van der Waals surface area contributed by atoms with Crippen LogP contribution in [-0.2, 0) is 14.3 Å². The normalized spacial score (nSPS) is 15.2. The first-order valence-corrected chi connectivity index (χ1v) is 6.84. The predicted molar refractivity (Wildman–Crippen MR) is 76.0 cm³/mol. The molecule has 0 bridgehead atoms. The summed E-state index contributed by atoms with van der Waals surface area (Å²) < 4.78 is 6.46. The van der Waals surface area contributed by atoms with Gasteiger partial charge < -0.3 is 4.74 Å². The third-order valence-corrected chi connectivity index (χ3v) is 2.81. The smallest absolute Gasteiger partial charge is 0.399 e. The van der Waals surface area contributed by atoms with Crippen LogP contribution in [0.2, 0.25) is 0 Å². The van der Waals surface area contributed by atoms with E-state index in [0.29, 0.717) is 11.8 Å². The molecule has 21 heavy (non-hydrogen) atoms. The quantitative estimate of drug-likeness (QED) is 0.477. The minimum absolute atomic E-state index is 0.0676. The maximum absolute atomic E-state index is 11.5. The van der Waals surface area contributed by atoms with Crippen LogP contribution in [0.1, 0.15) is 25.8 Å². The summed E-state index contributed by atoms with van der Waals surface area (Å²) in [4.78, 5) is 26.5. The first kappa shape index (κ1) is 14.9. The van der Waals surface area contributed by atoms with Gasteiger partial charge in [0.2, 0.25) is 0 Å². The summed E-state index contributed by atoms with van der Waals surface area (Å²) in [5.74, 6) is -1.85. The second kappa shape index (κ2) is 7.33. The molecular weight excluding hydrogens is 270 g/mol. The lowest BCUT2D eigenvalue weighted by molar-refractivity contribution is -0.153. The number of esters is 1. The monoisotopic (exact) mass is 287 g/mol. The van der Waals surface area contributed by atoms with Crippen molar-refractivity contribution in [1.82, 2.24) is 9.78 Å². The van der Waals surface area contributed by atoms with E-state index in [-0.39, 0.29) is 12.6 Å². The summed E-state index contributed by atoms with van der Waals surface area (Å²) in [6.07, 6.45) is 13.0. The van der Waals surface area contributed by atoms with Crippen LogP contribution < -0.4 is 5.36 Å². The van der Waals surface area contributed by atoms with Crippen LogP contribution in [0.5, 0.6) is 0 Å². The van der Waals surface area contributed by atoms with E-state index in [1.54, 1.807) is 16.9 Å². The molecule has 0 saturated carbocycles. The summed E-state index contributed by atoms with van der Waals surface area (Å²) in [6, 6.07) is 1.70. The summed E-state index contributed by atoms with van der Waals surface area (Å²) >= 11 is 0. The second-order valence-corrected chi connectivity index (χ2v) is 4.50. The van der Waals surface area contributed by atoms with E-state index in [9.17, 15) is 9.59 Å². The van der Waals surface area contributed by atoms with Crippen LogP contribution in [0.15, 0.2) is 47.8 Å². The SMILES string of the molecule is CCCOC(=O)C(=O)N=c1ccn(C2C=CCC=C2)nc1. The van der Waals surface area contributed by atoms with Gasteiger partial charge in [-0.2, -0.15) is 5.10 Å². The van der Waals surface area contributed by atoms with E-state index in [1.165, 1.54) is 6.20 Å². The van der Waals surface area contributed by atoms with Crippen molar-refractivity contribution in [2.24, 2.45) is 4.99 Å². The molecule has 6 heteroatoms. The van der Waals surface area contributed by atoms with Crippen molar-refractivity contribution in [2.75, 3.05) is 6.61 Å². The van der Waals surface area contributed by atoms with Gasteiger partial charge in [-0.25, -0.2) is 9.79 Å². The Morgan fingerprint density at radius 3 is 2.81 bits per heavy atom. The molecule has 0 atom stereocenters. The van der Waals surface area contributed by atoms with Crippen molar-refractivity contribution >= 4 is 11.9 Å². The first-order chi connectivity index (χ1) is 10.2. The van der Waals surface area contributed by atoms with Gasteiger partial charge in [0.1, 0.15) is 0 Å². The van der Waals surface area contributed by atoms with Gasteiger partial charge in [0.25, 0.3) is 0 Å². The number of nitrogens with zero attached hydrogens (tertiary/aromatic N) is 3. The Hall–Kier alpha value is -2.50. The molecule has 1 aliphatic carbocycles. The minimum atomic E-state index is -0.938. The molecule has 110 valence electrons. The topological polar surface area (TPSA) is 73.6 Å². The van der Waals surface area contributed by atoms with Gasteiger partial charge in [0, 0.05) is 6.20 Å². The Morgan fingerprint density at radius 2 is 2.19 bits per heavy atom. The Labute approximate surface area is 122 Å². The fourth-order valence-corrected chi connectivity index (χ4v) is 1.78.